The number of nitrogens with one attached hydrogen (secondary N) is 1. The van der Waals surface area contributed by atoms with Crippen LogP contribution >= 0.6 is 22.9 Å². The molecule has 1 aliphatic rings. The van der Waals surface area contributed by atoms with Gasteiger partial charge < -0.3 is 4.98 Å². The quantitative estimate of drug-likeness (QED) is 0.387. The molecule has 1 N–H and O–H groups in total. The third-order valence-electron chi connectivity index (χ3n) is 4.68. The highest BCUT2D eigenvalue weighted by atomic mass is 35.5. The zero-order valence-corrected chi connectivity index (χ0v) is 16.1. The highest BCUT2D eigenvalue weighted by Crippen LogP contribution is 2.34. The van der Waals surface area contributed by atoms with Crippen LogP contribution in [-0.4, -0.2) is 14.9 Å². The number of aromatic nitrogens is 2. The van der Waals surface area contributed by atoms with E-state index in [0.717, 1.165) is 31.2 Å². The van der Waals surface area contributed by atoms with Crippen molar-refractivity contribution < 1.29 is 4.92 Å². The van der Waals surface area contributed by atoms with Crippen LogP contribution in [0.15, 0.2) is 23.0 Å². The first kappa shape index (κ1) is 18.3. The Kier molecular flexibility index (Phi) is 4.71. The van der Waals surface area contributed by atoms with Gasteiger partial charge in [0.2, 0.25) is 0 Å². The molecule has 0 saturated heterocycles. The number of H-pyrrole nitrogens is 1. The molecule has 0 radical (unpaired) electrons. The van der Waals surface area contributed by atoms with E-state index in [1.165, 1.54) is 34.4 Å². The maximum Gasteiger partial charge on any atom is 0.288 e. The number of aromatic amines is 1. The molecule has 140 valence electrons. The van der Waals surface area contributed by atoms with E-state index in [1.54, 1.807) is 6.07 Å². The molecule has 0 bridgehead atoms. The normalized spacial score (nSPS) is 13.9. The van der Waals surface area contributed by atoms with E-state index in [-0.39, 0.29) is 27.7 Å². The van der Waals surface area contributed by atoms with Crippen LogP contribution in [0.2, 0.25) is 5.02 Å². The molecule has 0 amide bonds. The summed E-state index contributed by atoms with van der Waals surface area (Å²) < 4.78 is 0. The number of nitro benzene ring substituents is 1. The average molecular weight is 413 g/mol. The number of fused-ring (bicyclic) bond motifs is 3. The van der Waals surface area contributed by atoms with E-state index in [4.69, 9.17) is 11.6 Å². The Morgan fingerprint density at radius 1 is 1.39 bits per heavy atom. The summed E-state index contributed by atoms with van der Waals surface area (Å²) in [5, 5.41) is 21.3. The summed E-state index contributed by atoms with van der Waals surface area (Å²) in [5.41, 5.74) is 1.09. The van der Waals surface area contributed by atoms with Crippen molar-refractivity contribution in [1.82, 2.24) is 9.97 Å². The van der Waals surface area contributed by atoms with Crippen molar-refractivity contribution in [1.29, 1.82) is 5.26 Å². The van der Waals surface area contributed by atoms with Gasteiger partial charge in [-0.15, -0.1) is 11.3 Å². The number of hydrogen-bond acceptors (Lipinski definition) is 6. The minimum Gasteiger partial charge on any atom is -0.305 e. The van der Waals surface area contributed by atoms with E-state index < -0.39 is 4.92 Å². The monoisotopic (exact) mass is 412 g/mol. The van der Waals surface area contributed by atoms with Crippen LogP contribution in [0, 0.1) is 21.4 Å². The number of nitrogens with zero attached hydrogens (tertiary/aromatic N) is 3. The zero-order valence-electron chi connectivity index (χ0n) is 14.5. The molecule has 9 heteroatoms. The van der Waals surface area contributed by atoms with Crippen molar-refractivity contribution in [3.63, 3.8) is 0 Å². The van der Waals surface area contributed by atoms with Crippen LogP contribution in [0.3, 0.4) is 0 Å². The van der Waals surface area contributed by atoms with Gasteiger partial charge in [0.05, 0.1) is 15.9 Å². The maximum atomic E-state index is 12.7. The molecule has 7 nitrogen and oxygen atoms in total. The minimum atomic E-state index is -0.589. The van der Waals surface area contributed by atoms with Crippen molar-refractivity contribution in [3.8, 4) is 6.07 Å². The molecule has 4 rings (SSSR count). The summed E-state index contributed by atoms with van der Waals surface area (Å²) >= 11 is 7.32. The number of nitro groups is 1. The first-order valence-corrected chi connectivity index (χ1v) is 9.78. The molecule has 0 atom stereocenters. The standard InChI is InChI=1S/C19H13ClN4O3S/c20-13-6-5-10(8-14(13)24(26)27)7-11(9-21)17-22-18(25)16-12-3-1-2-4-15(12)28-19(16)23-17/h5-8H,1-4H2,(H,22,23,25). The van der Waals surface area contributed by atoms with Gasteiger partial charge in [0.25, 0.3) is 11.2 Å². The Hall–Kier alpha value is -3.02. The molecule has 1 aromatic carbocycles. The summed E-state index contributed by atoms with van der Waals surface area (Å²) in [5.74, 6) is 0.149. The lowest BCUT2D eigenvalue weighted by molar-refractivity contribution is -0.384. The fourth-order valence-electron chi connectivity index (χ4n) is 3.37. The number of nitriles is 1. The van der Waals surface area contributed by atoms with Gasteiger partial charge >= 0.3 is 0 Å². The number of rotatable bonds is 3. The summed E-state index contributed by atoms with van der Waals surface area (Å²) in [6, 6.07) is 6.25. The predicted molar refractivity (Wildman–Crippen MR) is 108 cm³/mol. The number of allylic oxidation sites excluding steroid dienone is 1. The van der Waals surface area contributed by atoms with Crippen LogP contribution in [0.4, 0.5) is 5.69 Å². The lowest BCUT2D eigenvalue weighted by Gasteiger charge is -2.09. The fourth-order valence-corrected chi connectivity index (χ4v) is 4.82. The minimum absolute atomic E-state index is 0.0118. The van der Waals surface area contributed by atoms with Crippen LogP contribution in [0.25, 0.3) is 21.9 Å². The second kappa shape index (κ2) is 7.19. The second-order valence-electron chi connectivity index (χ2n) is 6.44. The number of hydrogen-bond donors (Lipinski definition) is 1. The molecule has 1 aliphatic carbocycles. The zero-order chi connectivity index (χ0) is 19.8. The Morgan fingerprint density at radius 3 is 2.93 bits per heavy atom. The van der Waals surface area contributed by atoms with E-state index >= 15 is 0 Å². The van der Waals surface area contributed by atoms with Gasteiger partial charge in [0.1, 0.15) is 15.9 Å². The van der Waals surface area contributed by atoms with E-state index in [9.17, 15) is 20.2 Å². The maximum absolute atomic E-state index is 12.7. The van der Waals surface area contributed by atoms with Gasteiger partial charge in [-0.3, -0.25) is 14.9 Å². The molecule has 0 spiro atoms. The van der Waals surface area contributed by atoms with Crippen LogP contribution < -0.4 is 5.56 Å². The van der Waals surface area contributed by atoms with Gasteiger partial charge in [-0.05, 0) is 49.0 Å². The summed E-state index contributed by atoms with van der Waals surface area (Å²) in [4.78, 5) is 32.1. The van der Waals surface area contributed by atoms with Crippen molar-refractivity contribution in [3.05, 3.63) is 65.5 Å². The number of thiophene rings is 1. The van der Waals surface area contributed by atoms with Crippen molar-refractivity contribution in [2.24, 2.45) is 0 Å². The highest BCUT2D eigenvalue weighted by Gasteiger charge is 2.20. The van der Waals surface area contributed by atoms with Crippen LogP contribution in [0.1, 0.15) is 34.7 Å². The third-order valence-corrected chi connectivity index (χ3v) is 6.18. The Balaban J connectivity index is 1.83. The molecule has 2 heterocycles. The molecular formula is C19H13ClN4O3S. The SMILES string of the molecule is N#CC(=Cc1ccc(Cl)c([N+](=O)[O-])c1)c1nc2sc3c(c2c(=O)[nH]1)CCCC3. The average Bonchev–Trinajstić information content (AvgIpc) is 3.05. The van der Waals surface area contributed by atoms with Crippen LogP contribution in [-0.2, 0) is 12.8 Å². The molecule has 3 aromatic rings. The molecular weight excluding hydrogens is 400 g/mol. The largest absolute Gasteiger partial charge is 0.305 e. The fraction of sp³-hybridized carbons (Fsp3) is 0.211. The third kappa shape index (κ3) is 3.19. The summed E-state index contributed by atoms with van der Waals surface area (Å²) in [7, 11) is 0. The van der Waals surface area contributed by atoms with Crippen LogP contribution in [0.5, 0.6) is 0 Å². The first-order valence-electron chi connectivity index (χ1n) is 8.58. The second-order valence-corrected chi connectivity index (χ2v) is 7.93. The molecule has 0 saturated carbocycles. The number of aryl methyl sites for hydroxylation is 2. The Morgan fingerprint density at radius 2 is 2.18 bits per heavy atom. The Bertz CT molecular complexity index is 1250. The lowest BCUT2D eigenvalue weighted by Crippen LogP contribution is -2.12. The van der Waals surface area contributed by atoms with Gasteiger partial charge in [0, 0.05) is 10.9 Å². The molecule has 0 fully saturated rings. The number of benzene rings is 1. The number of halogens is 1. The topological polar surface area (TPSA) is 113 Å². The molecule has 0 unspecified atom stereocenters. The van der Waals surface area contributed by atoms with Gasteiger partial charge in [-0.2, -0.15) is 5.26 Å². The predicted octanol–water partition coefficient (Wildman–Crippen LogP) is 4.49. The Labute approximate surface area is 168 Å². The highest BCUT2D eigenvalue weighted by molar-refractivity contribution is 7.18. The van der Waals surface area contributed by atoms with Crippen molar-refractivity contribution in [2.45, 2.75) is 25.7 Å². The molecule has 0 aliphatic heterocycles. The van der Waals surface area contributed by atoms with Crippen molar-refractivity contribution >= 4 is 50.5 Å². The lowest BCUT2D eigenvalue weighted by atomic mass is 9.97. The van der Waals surface area contributed by atoms with Crippen molar-refractivity contribution in [2.75, 3.05) is 0 Å². The van der Waals surface area contributed by atoms with E-state index in [2.05, 4.69) is 9.97 Å². The molecule has 28 heavy (non-hydrogen) atoms. The smallest absolute Gasteiger partial charge is 0.288 e. The van der Waals surface area contributed by atoms with Gasteiger partial charge in [-0.1, -0.05) is 17.7 Å². The molecule has 2 aromatic heterocycles. The summed E-state index contributed by atoms with van der Waals surface area (Å²) in [6.07, 6.45) is 5.41. The van der Waals surface area contributed by atoms with Gasteiger partial charge in [-0.25, -0.2) is 4.98 Å². The first-order chi connectivity index (χ1) is 13.5. The van der Waals surface area contributed by atoms with E-state index in [1.807, 2.05) is 6.07 Å². The summed E-state index contributed by atoms with van der Waals surface area (Å²) in [6.45, 7) is 0. The van der Waals surface area contributed by atoms with Gasteiger partial charge in [0.15, 0.2) is 5.82 Å². The van der Waals surface area contributed by atoms with E-state index in [0.29, 0.717) is 15.8 Å².